The molecule has 2 heterocycles. The van der Waals surface area contributed by atoms with Crippen molar-refractivity contribution in [2.75, 3.05) is 18.0 Å². The molecule has 4 heteroatoms. The number of anilines is 1. The first-order chi connectivity index (χ1) is 8.38. The number of hydrogen-bond donors (Lipinski definition) is 1. The van der Waals surface area contributed by atoms with Crippen molar-refractivity contribution in [2.24, 2.45) is 5.92 Å². The van der Waals surface area contributed by atoms with E-state index in [2.05, 4.69) is 42.6 Å². The lowest BCUT2D eigenvalue weighted by molar-refractivity contribution is 0.102. The van der Waals surface area contributed by atoms with Crippen molar-refractivity contribution < 1.29 is 5.11 Å². The lowest BCUT2D eigenvalue weighted by atomic mass is 9.95. The summed E-state index contributed by atoms with van der Waals surface area (Å²) in [4.78, 5) is 11.1. The van der Waals surface area contributed by atoms with Crippen LogP contribution in [0.3, 0.4) is 0 Å². The van der Waals surface area contributed by atoms with Gasteiger partial charge >= 0.3 is 0 Å². The minimum absolute atomic E-state index is 0.0439. The molecule has 0 saturated carbocycles. The Balaban J connectivity index is 2.19. The molecule has 0 amide bonds. The summed E-state index contributed by atoms with van der Waals surface area (Å²) in [5.41, 5.74) is -0.0439. The molecule has 4 nitrogen and oxygen atoms in total. The second kappa shape index (κ2) is 4.84. The van der Waals surface area contributed by atoms with E-state index in [0.717, 1.165) is 24.6 Å². The Bertz CT molecular complexity index is 414. The Morgan fingerprint density at radius 2 is 2.11 bits per heavy atom. The molecule has 0 bridgehead atoms. The van der Waals surface area contributed by atoms with Gasteiger partial charge in [0.05, 0.1) is 6.10 Å². The third-order valence-corrected chi connectivity index (χ3v) is 3.55. The first kappa shape index (κ1) is 13.3. The molecular formula is C14H23N3O. The zero-order chi connectivity index (χ0) is 13.3. The number of aromatic nitrogens is 2. The molecule has 1 aromatic rings. The Morgan fingerprint density at radius 1 is 1.39 bits per heavy atom. The second-order valence-corrected chi connectivity index (χ2v) is 6.27. The first-order valence-electron chi connectivity index (χ1n) is 6.64. The molecule has 0 spiro atoms. The summed E-state index contributed by atoms with van der Waals surface area (Å²) in [6.45, 7) is 10.1. The van der Waals surface area contributed by atoms with E-state index >= 15 is 0 Å². The highest BCUT2D eigenvalue weighted by atomic mass is 16.3. The molecule has 0 aliphatic carbocycles. The maximum absolute atomic E-state index is 9.95. The van der Waals surface area contributed by atoms with Gasteiger partial charge in [0, 0.05) is 24.7 Å². The van der Waals surface area contributed by atoms with Crippen molar-refractivity contribution in [1.29, 1.82) is 0 Å². The van der Waals surface area contributed by atoms with Crippen LogP contribution in [0.25, 0.3) is 0 Å². The van der Waals surface area contributed by atoms with Crippen molar-refractivity contribution in [3.8, 4) is 0 Å². The van der Waals surface area contributed by atoms with E-state index in [1.54, 1.807) is 0 Å². The standard InChI is InChI=1S/C14H23N3O/c1-10-6-8-17(9-11(10)18)12-5-7-15-13(16-12)14(2,3)4/h5,7,10-11,18H,6,8-9H2,1-4H3. The number of aliphatic hydroxyl groups excluding tert-OH is 1. The van der Waals surface area contributed by atoms with E-state index in [1.165, 1.54) is 0 Å². The quantitative estimate of drug-likeness (QED) is 0.827. The predicted molar refractivity (Wildman–Crippen MR) is 72.7 cm³/mol. The fourth-order valence-electron chi connectivity index (χ4n) is 2.14. The molecule has 1 aliphatic heterocycles. The Labute approximate surface area is 109 Å². The third-order valence-electron chi connectivity index (χ3n) is 3.55. The zero-order valence-corrected chi connectivity index (χ0v) is 11.7. The number of nitrogens with zero attached hydrogens (tertiary/aromatic N) is 3. The van der Waals surface area contributed by atoms with Gasteiger partial charge in [0.25, 0.3) is 0 Å². The molecule has 100 valence electrons. The van der Waals surface area contributed by atoms with Crippen molar-refractivity contribution >= 4 is 5.82 Å². The summed E-state index contributed by atoms with van der Waals surface area (Å²) in [7, 11) is 0. The highest BCUT2D eigenvalue weighted by molar-refractivity contribution is 5.39. The van der Waals surface area contributed by atoms with Crippen molar-refractivity contribution in [3.63, 3.8) is 0 Å². The normalized spacial score (nSPS) is 25.3. The smallest absolute Gasteiger partial charge is 0.135 e. The molecule has 1 aliphatic rings. The van der Waals surface area contributed by atoms with Gasteiger partial charge in [-0.25, -0.2) is 9.97 Å². The molecule has 18 heavy (non-hydrogen) atoms. The van der Waals surface area contributed by atoms with Crippen LogP contribution < -0.4 is 4.90 Å². The van der Waals surface area contributed by atoms with Gasteiger partial charge < -0.3 is 10.0 Å². The van der Waals surface area contributed by atoms with E-state index < -0.39 is 0 Å². The van der Waals surface area contributed by atoms with Crippen LogP contribution in [0, 0.1) is 5.92 Å². The molecule has 1 aromatic heterocycles. The summed E-state index contributed by atoms with van der Waals surface area (Å²) >= 11 is 0. The lowest BCUT2D eigenvalue weighted by Gasteiger charge is -2.35. The van der Waals surface area contributed by atoms with Crippen LogP contribution in [0.15, 0.2) is 12.3 Å². The minimum atomic E-state index is -0.258. The van der Waals surface area contributed by atoms with Crippen LogP contribution in [0.1, 0.15) is 39.9 Å². The van der Waals surface area contributed by atoms with Gasteiger partial charge in [-0.1, -0.05) is 27.7 Å². The monoisotopic (exact) mass is 249 g/mol. The van der Waals surface area contributed by atoms with Crippen molar-refractivity contribution in [1.82, 2.24) is 9.97 Å². The minimum Gasteiger partial charge on any atom is -0.391 e. The Hall–Kier alpha value is -1.16. The van der Waals surface area contributed by atoms with Gasteiger partial charge in [-0.05, 0) is 18.4 Å². The van der Waals surface area contributed by atoms with Crippen LogP contribution in [-0.2, 0) is 5.41 Å². The molecule has 0 aromatic carbocycles. The average molecular weight is 249 g/mol. The van der Waals surface area contributed by atoms with Crippen LogP contribution in [0.5, 0.6) is 0 Å². The largest absolute Gasteiger partial charge is 0.391 e. The topological polar surface area (TPSA) is 49.2 Å². The third kappa shape index (κ3) is 2.80. The van der Waals surface area contributed by atoms with Crippen LogP contribution in [0.4, 0.5) is 5.82 Å². The number of β-amino-alcohol motifs (C(OH)–C–C–N with tert-alkyl or cyclic N) is 1. The summed E-state index contributed by atoms with van der Waals surface area (Å²) in [5.74, 6) is 2.17. The van der Waals surface area contributed by atoms with Crippen LogP contribution in [-0.4, -0.2) is 34.3 Å². The van der Waals surface area contributed by atoms with Gasteiger partial charge in [0.1, 0.15) is 11.6 Å². The maximum atomic E-state index is 9.95. The van der Waals surface area contributed by atoms with Crippen LogP contribution in [0.2, 0.25) is 0 Å². The van der Waals surface area contributed by atoms with Gasteiger partial charge in [-0.15, -0.1) is 0 Å². The van der Waals surface area contributed by atoms with E-state index in [4.69, 9.17) is 0 Å². The number of rotatable bonds is 1. The highest BCUT2D eigenvalue weighted by Gasteiger charge is 2.26. The highest BCUT2D eigenvalue weighted by Crippen LogP contribution is 2.24. The molecule has 2 unspecified atom stereocenters. The number of aliphatic hydroxyl groups is 1. The maximum Gasteiger partial charge on any atom is 0.135 e. The van der Waals surface area contributed by atoms with Gasteiger partial charge in [-0.3, -0.25) is 0 Å². The number of hydrogen-bond acceptors (Lipinski definition) is 4. The van der Waals surface area contributed by atoms with Gasteiger partial charge in [-0.2, -0.15) is 0 Å². The molecular weight excluding hydrogens is 226 g/mol. The van der Waals surface area contributed by atoms with Gasteiger partial charge in [0.2, 0.25) is 0 Å². The summed E-state index contributed by atoms with van der Waals surface area (Å²) < 4.78 is 0. The van der Waals surface area contributed by atoms with E-state index in [0.29, 0.717) is 12.5 Å². The second-order valence-electron chi connectivity index (χ2n) is 6.27. The molecule has 1 fully saturated rings. The van der Waals surface area contributed by atoms with E-state index in [9.17, 15) is 5.11 Å². The SMILES string of the molecule is CC1CCN(c2ccnc(C(C)(C)C)n2)CC1O. The zero-order valence-electron chi connectivity index (χ0n) is 11.7. The predicted octanol–water partition coefficient (Wildman–Crippen LogP) is 1.98. The number of piperidine rings is 1. The first-order valence-corrected chi connectivity index (χ1v) is 6.64. The average Bonchev–Trinajstić information content (AvgIpc) is 2.32. The Kier molecular flexibility index (Phi) is 3.57. The lowest BCUT2D eigenvalue weighted by Crippen LogP contribution is -2.43. The molecule has 0 radical (unpaired) electrons. The molecule has 1 saturated heterocycles. The molecule has 2 rings (SSSR count). The summed E-state index contributed by atoms with van der Waals surface area (Å²) in [6.07, 6.45) is 2.57. The van der Waals surface area contributed by atoms with Crippen molar-refractivity contribution in [3.05, 3.63) is 18.1 Å². The van der Waals surface area contributed by atoms with Crippen molar-refractivity contribution in [2.45, 2.75) is 45.6 Å². The van der Waals surface area contributed by atoms with E-state index in [1.807, 2.05) is 12.3 Å². The summed E-state index contributed by atoms with van der Waals surface area (Å²) in [5, 5.41) is 9.95. The van der Waals surface area contributed by atoms with Gasteiger partial charge in [0.15, 0.2) is 0 Å². The summed E-state index contributed by atoms with van der Waals surface area (Å²) in [6, 6.07) is 1.93. The van der Waals surface area contributed by atoms with E-state index in [-0.39, 0.29) is 11.5 Å². The molecule has 2 atom stereocenters. The molecule has 1 N–H and O–H groups in total. The van der Waals surface area contributed by atoms with Crippen LogP contribution >= 0.6 is 0 Å². The Morgan fingerprint density at radius 3 is 2.72 bits per heavy atom. The fourth-order valence-corrected chi connectivity index (χ4v) is 2.14. The fraction of sp³-hybridized carbons (Fsp3) is 0.714.